The number of rotatable bonds is 30. The molecule has 1 saturated heterocycles. The number of benzene rings is 3. The van der Waals surface area contributed by atoms with E-state index >= 15 is 0 Å². The predicted octanol–water partition coefficient (Wildman–Crippen LogP) is 4.09. The second-order valence-electron chi connectivity index (χ2n) is 17.2. The summed E-state index contributed by atoms with van der Waals surface area (Å²) in [7, 11) is 0. The number of amides is 6. The zero-order valence-electron chi connectivity index (χ0n) is 40.7. The van der Waals surface area contributed by atoms with Gasteiger partial charge in [0.1, 0.15) is 36.3 Å². The Hall–Kier alpha value is -7.60. The second-order valence-corrected chi connectivity index (χ2v) is 17.2. The molecule has 1 fully saturated rings. The summed E-state index contributed by atoms with van der Waals surface area (Å²) in [5.74, 6) is -2.48. The molecule has 3 aromatic carbocycles. The van der Waals surface area contributed by atoms with Crippen molar-refractivity contribution < 1.29 is 56.5 Å². The highest BCUT2D eigenvalue weighted by Crippen LogP contribution is 2.32. The standard InChI is InChI=1S/C51H59F2N11O10/c52-39-11-6-12-40(53)37(39)29-57-49(68)34-8-4-9-35(28-34)56-30-44-61-62-48(42-17-19-54-33-58-42)63(44)20-7-18-55-45(65)14-2-1-3-21-71-22-23-72-24-25-73-26-27-74-32-47(67)59-41-13-5-10-36-38(41)31-64(51(36)70)43-15-16-46(66)60-50(43)69/h4-6,8-13,17,19,28,33,43,56H,1-3,7,14-16,18,20-27,29-32H2,(H,55,65)(H,57,68)(H,59,67)(H,60,66,69). The Bertz CT molecular complexity index is 2710. The van der Waals surface area contributed by atoms with E-state index in [0.717, 1.165) is 25.0 Å². The molecule has 2 aliphatic heterocycles. The fourth-order valence-electron chi connectivity index (χ4n) is 8.17. The first-order valence-electron chi connectivity index (χ1n) is 24.4. The lowest BCUT2D eigenvalue weighted by molar-refractivity contribution is -0.137. The Labute approximate surface area is 425 Å². The summed E-state index contributed by atoms with van der Waals surface area (Å²) in [5, 5.41) is 22.7. The van der Waals surface area contributed by atoms with Crippen LogP contribution in [-0.4, -0.2) is 131 Å². The first-order valence-corrected chi connectivity index (χ1v) is 24.4. The number of carbonyl (C=O) groups excluding carboxylic acids is 6. The van der Waals surface area contributed by atoms with Crippen LogP contribution in [0.15, 0.2) is 79.3 Å². The van der Waals surface area contributed by atoms with Crippen LogP contribution >= 0.6 is 0 Å². The maximum Gasteiger partial charge on any atom is 0.255 e. The van der Waals surface area contributed by atoms with Crippen LogP contribution in [0.4, 0.5) is 20.2 Å². The number of nitrogens with one attached hydrogen (secondary N) is 5. The zero-order valence-corrected chi connectivity index (χ0v) is 40.7. The fraction of sp³-hybridized carbons (Fsp3) is 0.412. The number of piperidine rings is 1. The summed E-state index contributed by atoms with van der Waals surface area (Å²) in [4.78, 5) is 84.8. The second kappa shape index (κ2) is 28.0. The minimum Gasteiger partial charge on any atom is -0.379 e. The predicted molar refractivity (Wildman–Crippen MR) is 263 cm³/mol. The SMILES string of the molecule is O=C(CCCCCOCCOCCOCCOCC(=O)Nc1cccc2c1CN(C1CCC(=O)NC1=O)C2=O)NCCCn1c(CNc2cccc(C(=O)NCc3c(F)cccc3F)c2)nnc1-c1ccncn1. The van der Waals surface area contributed by atoms with E-state index in [9.17, 15) is 37.5 Å². The van der Waals surface area contributed by atoms with Crippen molar-refractivity contribution >= 4 is 46.8 Å². The van der Waals surface area contributed by atoms with Crippen LogP contribution in [0.1, 0.15) is 82.6 Å². The molecule has 5 N–H and O–H groups in total. The Morgan fingerprint density at radius 1 is 0.770 bits per heavy atom. The van der Waals surface area contributed by atoms with Gasteiger partial charge in [0, 0.05) is 85.5 Å². The molecule has 1 atom stereocenters. The number of halogens is 2. The molecule has 21 nitrogen and oxygen atoms in total. The Kier molecular flexibility index (Phi) is 20.5. The largest absolute Gasteiger partial charge is 0.379 e. The van der Waals surface area contributed by atoms with Gasteiger partial charge in [-0.1, -0.05) is 24.6 Å². The first kappa shape index (κ1) is 54.2. The topological polar surface area (TPSA) is 259 Å². The van der Waals surface area contributed by atoms with Crippen LogP contribution in [0.25, 0.3) is 11.5 Å². The molecule has 5 aromatic rings. The minimum absolute atomic E-state index is 0.0449. The summed E-state index contributed by atoms with van der Waals surface area (Å²) in [6.45, 7) is 3.28. The van der Waals surface area contributed by atoms with Crippen molar-refractivity contribution in [2.24, 2.45) is 0 Å². The molecule has 23 heteroatoms. The zero-order chi connectivity index (χ0) is 52.1. The van der Waals surface area contributed by atoms with Crippen molar-refractivity contribution in [3.63, 3.8) is 0 Å². The van der Waals surface area contributed by atoms with E-state index in [1.54, 1.807) is 54.7 Å². The highest BCUT2D eigenvalue weighted by atomic mass is 19.1. The third-order valence-electron chi connectivity index (χ3n) is 12.0. The molecule has 0 saturated carbocycles. The number of anilines is 2. The Balaban J connectivity index is 0.692. The number of hydrogen-bond donors (Lipinski definition) is 5. The van der Waals surface area contributed by atoms with Gasteiger partial charge in [-0.2, -0.15) is 0 Å². The van der Waals surface area contributed by atoms with Crippen LogP contribution in [0.2, 0.25) is 0 Å². The smallest absolute Gasteiger partial charge is 0.255 e. The molecule has 0 spiro atoms. The van der Waals surface area contributed by atoms with Crippen LogP contribution in [-0.2, 0) is 64.3 Å². The number of aromatic nitrogens is 5. The van der Waals surface area contributed by atoms with E-state index in [-0.39, 0.29) is 75.6 Å². The van der Waals surface area contributed by atoms with Gasteiger partial charge in [0.2, 0.25) is 23.6 Å². The van der Waals surface area contributed by atoms with Crippen LogP contribution < -0.4 is 26.6 Å². The van der Waals surface area contributed by atoms with Crippen molar-refractivity contribution in [3.8, 4) is 11.5 Å². The van der Waals surface area contributed by atoms with Crippen LogP contribution in [0, 0.1) is 11.6 Å². The average Bonchev–Trinajstić information content (AvgIpc) is 3.97. The van der Waals surface area contributed by atoms with Gasteiger partial charge in [-0.05, 0) is 74.2 Å². The van der Waals surface area contributed by atoms with E-state index in [0.29, 0.717) is 111 Å². The number of carbonyl (C=O) groups is 6. The molecule has 1 unspecified atom stereocenters. The molecule has 6 amide bonds. The van der Waals surface area contributed by atoms with Crippen LogP contribution in [0.3, 0.4) is 0 Å². The lowest BCUT2D eigenvalue weighted by Gasteiger charge is -2.29. The highest BCUT2D eigenvalue weighted by Gasteiger charge is 2.40. The third-order valence-corrected chi connectivity index (χ3v) is 12.0. The number of imide groups is 1. The molecule has 0 aliphatic carbocycles. The Morgan fingerprint density at radius 2 is 1.51 bits per heavy atom. The third kappa shape index (κ3) is 15.7. The molecule has 0 radical (unpaired) electrons. The van der Waals surface area contributed by atoms with E-state index < -0.39 is 35.4 Å². The van der Waals surface area contributed by atoms with E-state index in [1.807, 2.05) is 4.57 Å². The number of hydrogen-bond acceptors (Lipinski definition) is 15. The highest BCUT2D eigenvalue weighted by molar-refractivity contribution is 6.07. The minimum atomic E-state index is -0.750. The van der Waals surface area contributed by atoms with Gasteiger partial charge in [-0.25, -0.2) is 18.7 Å². The summed E-state index contributed by atoms with van der Waals surface area (Å²) in [6, 6.07) is 16.2. The van der Waals surface area contributed by atoms with Crippen molar-refractivity contribution in [3.05, 3.63) is 119 Å². The van der Waals surface area contributed by atoms with Crippen molar-refractivity contribution in [2.75, 3.05) is 70.0 Å². The lowest BCUT2D eigenvalue weighted by Crippen LogP contribution is -2.52. The van der Waals surface area contributed by atoms with Gasteiger partial charge in [-0.3, -0.25) is 34.1 Å². The average molecular weight is 1020 g/mol. The van der Waals surface area contributed by atoms with E-state index in [4.69, 9.17) is 18.9 Å². The molecule has 74 heavy (non-hydrogen) atoms. The van der Waals surface area contributed by atoms with Gasteiger partial charge in [0.15, 0.2) is 11.6 Å². The molecule has 7 rings (SSSR count). The lowest BCUT2D eigenvalue weighted by atomic mass is 10.0. The number of nitrogens with zero attached hydrogens (tertiary/aromatic N) is 6. The number of unbranched alkanes of at least 4 members (excludes halogenated alkanes) is 2. The Morgan fingerprint density at radius 3 is 2.27 bits per heavy atom. The molecule has 0 bridgehead atoms. The molecular formula is C51H59F2N11O10. The van der Waals surface area contributed by atoms with Gasteiger partial charge in [-0.15, -0.1) is 10.2 Å². The number of ether oxygens (including phenoxy) is 4. The maximum atomic E-state index is 14.1. The molecule has 392 valence electrons. The van der Waals surface area contributed by atoms with Crippen molar-refractivity contribution in [2.45, 2.75) is 77.2 Å². The molecule has 4 heterocycles. The first-order chi connectivity index (χ1) is 36.0. The summed E-state index contributed by atoms with van der Waals surface area (Å²) >= 11 is 0. The van der Waals surface area contributed by atoms with Gasteiger partial charge >= 0.3 is 0 Å². The maximum absolute atomic E-state index is 14.1. The van der Waals surface area contributed by atoms with Gasteiger partial charge < -0.3 is 49.7 Å². The quantitative estimate of drug-likeness (QED) is 0.0321. The summed E-state index contributed by atoms with van der Waals surface area (Å²) < 4.78 is 52.2. The molecule has 2 aliphatic rings. The molecular weight excluding hydrogens is 965 g/mol. The van der Waals surface area contributed by atoms with Gasteiger partial charge in [0.25, 0.3) is 11.8 Å². The summed E-state index contributed by atoms with van der Waals surface area (Å²) in [5.41, 5.74) is 2.73. The normalized spacial score (nSPS) is 14.2. The van der Waals surface area contributed by atoms with E-state index in [2.05, 4.69) is 46.7 Å². The number of fused-ring (bicyclic) bond motifs is 1. The van der Waals surface area contributed by atoms with E-state index in [1.165, 1.54) is 17.3 Å². The van der Waals surface area contributed by atoms with Gasteiger partial charge in [0.05, 0.1) is 46.2 Å². The van der Waals surface area contributed by atoms with Crippen molar-refractivity contribution in [1.29, 1.82) is 0 Å². The van der Waals surface area contributed by atoms with Crippen LogP contribution in [0.5, 0.6) is 0 Å². The fourth-order valence-corrected chi connectivity index (χ4v) is 8.17. The van der Waals surface area contributed by atoms with Crippen molar-refractivity contribution in [1.82, 2.24) is 45.6 Å². The molecule has 2 aromatic heterocycles. The monoisotopic (exact) mass is 1020 g/mol. The summed E-state index contributed by atoms with van der Waals surface area (Å²) in [6.07, 6.45) is 6.75.